The quantitative estimate of drug-likeness (QED) is 0.750. The van der Waals surface area contributed by atoms with Crippen LogP contribution in [0.5, 0.6) is 11.5 Å². The van der Waals surface area contributed by atoms with Gasteiger partial charge in [0.15, 0.2) is 0 Å². The molecule has 7 nitrogen and oxygen atoms in total. The van der Waals surface area contributed by atoms with Crippen molar-refractivity contribution in [1.29, 1.82) is 0 Å². The second-order valence-electron chi connectivity index (χ2n) is 6.92. The number of nitrogens with one attached hydrogen (secondary N) is 2. The molecule has 0 saturated carbocycles. The number of ether oxygens (including phenoxy) is 2. The zero-order chi connectivity index (χ0) is 20.6. The van der Waals surface area contributed by atoms with Gasteiger partial charge in [0.25, 0.3) is 0 Å². The number of anilines is 2. The maximum absolute atomic E-state index is 12.6. The van der Waals surface area contributed by atoms with Gasteiger partial charge in [-0.05, 0) is 36.9 Å². The fourth-order valence-electron chi connectivity index (χ4n) is 3.52. The van der Waals surface area contributed by atoms with Crippen molar-refractivity contribution < 1.29 is 14.3 Å². The Balaban J connectivity index is 1.63. The van der Waals surface area contributed by atoms with Crippen molar-refractivity contribution in [3.63, 3.8) is 0 Å². The van der Waals surface area contributed by atoms with E-state index in [2.05, 4.69) is 33.4 Å². The zero-order valence-corrected chi connectivity index (χ0v) is 17.4. The lowest BCUT2D eigenvalue weighted by Crippen LogP contribution is -2.46. The molecule has 1 heterocycles. The predicted octanol–water partition coefficient (Wildman–Crippen LogP) is 3.17. The summed E-state index contributed by atoms with van der Waals surface area (Å²) in [6, 6.07) is 13.2. The van der Waals surface area contributed by atoms with E-state index >= 15 is 0 Å². The Labute approximate surface area is 172 Å². The van der Waals surface area contributed by atoms with Crippen molar-refractivity contribution in [3.05, 3.63) is 48.0 Å². The second-order valence-corrected chi connectivity index (χ2v) is 6.92. The Morgan fingerprint density at radius 1 is 1.03 bits per heavy atom. The molecule has 1 fully saturated rings. The maximum Gasteiger partial charge on any atom is 0.319 e. The molecule has 0 atom stereocenters. The van der Waals surface area contributed by atoms with Gasteiger partial charge in [0.05, 0.1) is 25.6 Å². The van der Waals surface area contributed by atoms with Crippen molar-refractivity contribution in [2.75, 3.05) is 57.2 Å². The van der Waals surface area contributed by atoms with Gasteiger partial charge in [-0.3, -0.25) is 0 Å². The first-order valence-electron chi connectivity index (χ1n) is 9.96. The number of hydrogen-bond acceptors (Lipinski definition) is 5. The van der Waals surface area contributed by atoms with Crippen LogP contribution in [0.1, 0.15) is 12.5 Å². The summed E-state index contributed by atoms with van der Waals surface area (Å²) in [5.74, 6) is 1.43. The van der Waals surface area contributed by atoms with E-state index in [9.17, 15) is 4.79 Å². The molecule has 2 aromatic rings. The highest BCUT2D eigenvalue weighted by molar-refractivity contribution is 5.93. The number of carbonyl (C=O) groups excluding carboxylic acids is 1. The zero-order valence-electron chi connectivity index (χ0n) is 17.4. The summed E-state index contributed by atoms with van der Waals surface area (Å²) in [6.45, 7) is 7.57. The number of likely N-dealkylation sites (N-methyl/N-ethyl adjacent to an activating group) is 1. The van der Waals surface area contributed by atoms with E-state index in [-0.39, 0.29) is 6.03 Å². The molecular formula is C22H30N4O3. The van der Waals surface area contributed by atoms with E-state index in [1.165, 1.54) is 0 Å². The van der Waals surface area contributed by atoms with Crippen LogP contribution in [0.4, 0.5) is 16.2 Å². The van der Waals surface area contributed by atoms with Crippen LogP contribution in [0.2, 0.25) is 0 Å². The highest BCUT2D eigenvalue weighted by Crippen LogP contribution is 2.27. The van der Waals surface area contributed by atoms with Crippen molar-refractivity contribution >= 4 is 17.4 Å². The number of hydrogen-bond donors (Lipinski definition) is 2. The summed E-state index contributed by atoms with van der Waals surface area (Å²) in [5, 5.41) is 5.90. The smallest absolute Gasteiger partial charge is 0.319 e. The number of nitrogens with zero attached hydrogens (tertiary/aromatic N) is 2. The van der Waals surface area contributed by atoms with Crippen LogP contribution in [0.25, 0.3) is 0 Å². The van der Waals surface area contributed by atoms with E-state index in [1.807, 2.05) is 36.4 Å². The fraction of sp³-hybridized carbons (Fsp3) is 0.409. The average molecular weight is 399 g/mol. The van der Waals surface area contributed by atoms with Crippen molar-refractivity contribution in [2.24, 2.45) is 0 Å². The van der Waals surface area contributed by atoms with Crippen molar-refractivity contribution in [1.82, 2.24) is 10.2 Å². The fourth-order valence-corrected chi connectivity index (χ4v) is 3.52. The largest absolute Gasteiger partial charge is 0.497 e. The van der Waals surface area contributed by atoms with Crippen LogP contribution in [-0.4, -0.2) is 57.9 Å². The number of para-hydroxylation sites is 2. The molecule has 7 heteroatoms. The average Bonchev–Trinajstić information content (AvgIpc) is 2.78. The highest BCUT2D eigenvalue weighted by atomic mass is 16.5. The van der Waals surface area contributed by atoms with Crippen LogP contribution >= 0.6 is 0 Å². The van der Waals surface area contributed by atoms with Crippen LogP contribution in [-0.2, 0) is 6.54 Å². The summed E-state index contributed by atoms with van der Waals surface area (Å²) in [4.78, 5) is 17.3. The number of methoxy groups -OCH3 is 2. The third-order valence-corrected chi connectivity index (χ3v) is 5.24. The molecule has 0 aromatic heterocycles. The minimum absolute atomic E-state index is 0.255. The molecule has 2 amide bonds. The van der Waals surface area contributed by atoms with Crippen LogP contribution in [0.3, 0.4) is 0 Å². The first kappa shape index (κ1) is 20.8. The van der Waals surface area contributed by atoms with E-state index in [4.69, 9.17) is 9.47 Å². The monoisotopic (exact) mass is 398 g/mol. The summed E-state index contributed by atoms with van der Waals surface area (Å²) in [6.07, 6.45) is 0. The molecular weight excluding hydrogens is 368 g/mol. The number of carbonyl (C=O) groups is 1. The molecule has 0 unspecified atom stereocenters. The molecule has 1 aliphatic rings. The third kappa shape index (κ3) is 5.32. The molecule has 2 aromatic carbocycles. The van der Waals surface area contributed by atoms with Gasteiger partial charge < -0.3 is 29.9 Å². The van der Waals surface area contributed by atoms with Crippen molar-refractivity contribution in [2.45, 2.75) is 13.5 Å². The molecule has 0 radical (unpaired) electrons. The minimum Gasteiger partial charge on any atom is -0.497 e. The number of amides is 2. The van der Waals surface area contributed by atoms with Gasteiger partial charge in [-0.1, -0.05) is 19.1 Å². The summed E-state index contributed by atoms with van der Waals surface area (Å²) in [7, 11) is 3.23. The molecule has 0 bridgehead atoms. The lowest BCUT2D eigenvalue weighted by Gasteiger charge is -2.36. The molecule has 29 heavy (non-hydrogen) atoms. The standard InChI is InChI=1S/C22H30N4O3/c1-4-25-11-13-26(14-12-25)20-8-6-5-7-19(20)24-22(27)23-16-17-15-18(28-2)9-10-21(17)29-3/h5-10,15H,4,11-14,16H2,1-3H3,(H2,23,24,27). The van der Waals surface area contributed by atoms with E-state index in [0.29, 0.717) is 12.3 Å². The third-order valence-electron chi connectivity index (χ3n) is 5.24. The van der Waals surface area contributed by atoms with Gasteiger partial charge in [0.2, 0.25) is 0 Å². The lowest BCUT2D eigenvalue weighted by molar-refractivity contribution is 0.251. The maximum atomic E-state index is 12.6. The number of rotatable bonds is 7. The summed E-state index contributed by atoms with van der Waals surface area (Å²) in [5.41, 5.74) is 2.72. The van der Waals surface area contributed by atoms with Crippen molar-refractivity contribution in [3.8, 4) is 11.5 Å². The minimum atomic E-state index is -0.255. The number of benzene rings is 2. The normalized spacial score (nSPS) is 14.4. The van der Waals surface area contributed by atoms with Crippen LogP contribution < -0.4 is 25.0 Å². The lowest BCUT2D eigenvalue weighted by atomic mass is 10.2. The Morgan fingerprint density at radius 2 is 1.79 bits per heavy atom. The molecule has 2 N–H and O–H groups in total. The van der Waals surface area contributed by atoms with Gasteiger partial charge in [-0.15, -0.1) is 0 Å². The first-order valence-corrected chi connectivity index (χ1v) is 9.96. The first-order chi connectivity index (χ1) is 14.1. The number of piperazine rings is 1. The SMILES string of the molecule is CCN1CCN(c2ccccc2NC(=O)NCc2cc(OC)ccc2OC)CC1. The molecule has 0 spiro atoms. The Morgan fingerprint density at radius 3 is 2.48 bits per heavy atom. The highest BCUT2D eigenvalue weighted by Gasteiger charge is 2.18. The van der Waals surface area contributed by atoms with Gasteiger partial charge in [0.1, 0.15) is 11.5 Å². The van der Waals surface area contributed by atoms with E-state index in [0.717, 1.165) is 55.4 Å². The Hall–Kier alpha value is -2.93. The molecule has 1 aliphatic heterocycles. The summed E-state index contributed by atoms with van der Waals surface area (Å²) >= 11 is 0. The molecule has 0 aliphatic carbocycles. The van der Waals surface area contributed by atoms with Gasteiger partial charge >= 0.3 is 6.03 Å². The molecule has 156 valence electrons. The molecule has 3 rings (SSSR count). The Kier molecular flexibility index (Phi) is 7.19. The van der Waals surface area contributed by atoms with Crippen LogP contribution in [0, 0.1) is 0 Å². The van der Waals surface area contributed by atoms with E-state index < -0.39 is 0 Å². The van der Waals surface area contributed by atoms with E-state index in [1.54, 1.807) is 14.2 Å². The van der Waals surface area contributed by atoms with Gasteiger partial charge in [-0.25, -0.2) is 4.79 Å². The topological polar surface area (TPSA) is 66.1 Å². The summed E-state index contributed by atoms with van der Waals surface area (Å²) < 4.78 is 10.6. The Bertz CT molecular complexity index is 819. The predicted molar refractivity (Wildman–Crippen MR) is 116 cm³/mol. The molecule has 1 saturated heterocycles. The second kappa shape index (κ2) is 10.0. The van der Waals surface area contributed by atoms with Gasteiger partial charge in [-0.2, -0.15) is 0 Å². The van der Waals surface area contributed by atoms with Gasteiger partial charge in [0, 0.05) is 38.3 Å². The van der Waals surface area contributed by atoms with Crippen LogP contribution in [0.15, 0.2) is 42.5 Å². The number of urea groups is 1.